The number of methoxy groups -OCH3 is 1. The largest absolute Gasteiger partial charge is 0.497 e. The van der Waals surface area contributed by atoms with Gasteiger partial charge in [0.15, 0.2) is 0 Å². The van der Waals surface area contributed by atoms with Crippen molar-refractivity contribution in [2.75, 3.05) is 26.7 Å². The standard InChI is InChI=1S/C31H38F3N3O3/c1-4-6-7-17-37(30(39)23-35(5-2)29(38)20-24-13-15-28(40-3)16-14-24)22-27-12-9-18-36(27)21-25-10-8-11-26(19-25)31(32,33)34/h8-16,18-19H,4-7,17,20-23H2,1-3H3. The van der Waals surface area contributed by atoms with Gasteiger partial charge < -0.3 is 19.1 Å². The summed E-state index contributed by atoms with van der Waals surface area (Å²) in [5.74, 6) is 0.412. The van der Waals surface area contributed by atoms with Gasteiger partial charge in [-0.2, -0.15) is 13.2 Å². The van der Waals surface area contributed by atoms with Crippen LogP contribution in [-0.4, -0.2) is 52.9 Å². The Labute approximate surface area is 234 Å². The molecule has 0 aliphatic rings. The molecule has 0 spiro atoms. The van der Waals surface area contributed by atoms with E-state index in [1.54, 1.807) is 41.3 Å². The molecule has 216 valence electrons. The molecule has 1 heterocycles. The van der Waals surface area contributed by atoms with E-state index in [1.165, 1.54) is 6.07 Å². The van der Waals surface area contributed by atoms with E-state index in [1.807, 2.05) is 35.8 Å². The molecule has 0 atom stereocenters. The third-order valence-electron chi connectivity index (χ3n) is 6.84. The van der Waals surface area contributed by atoms with Crippen LogP contribution in [-0.2, 0) is 35.3 Å². The quantitative estimate of drug-likeness (QED) is 0.223. The molecule has 0 saturated carbocycles. The lowest BCUT2D eigenvalue weighted by atomic mass is 10.1. The van der Waals surface area contributed by atoms with Gasteiger partial charge in [-0.1, -0.05) is 44.0 Å². The summed E-state index contributed by atoms with van der Waals surface area (Å²) in [6, 6.07) is 16.3. The highest BCUT2D eigenvalue weighted by Crippen LogP contribution is 2.29. The van der Waals surface area contributed by atoms with Gasteiger partial charge in [0.1, 0.15) is 5.75 Å². The molecule has 9 heteroatoms. The first-order valence-corrected chi connectivity index (χ1v) is 13.6. The summed E-state index contributed by atoms with van der Waals surface area (Å²) >= 11 is 0. The Morgan fingerprint density at radius 3 is 2.30 bits per heavy atom. The summed E-state index contributed by atoms with van der Waals surface area (Å²) in [5, 5.41) is 0. The maximum absolute atomic E-state index is 13.5. The van der Waals surface area contributed by atoms with Crippen LogP contribution in [0.4, 0.5) is 13.2 Å². The van der Waals surface area contributed by atoms with Gasteiger partial charge >= 0.3 is 6.18 Å². The van der Waals surface area contributed by atoms with Crippen LogP contribution in [0.2, 0.25) is 0 Å². The highest BCUT2D eigenvalue weighted by Gasteiger charge is 2.30. The molecule has 3 rings (SSSR count). The molecule has 1 aromatic heterocycles. The lowest BCUT2D eigenvalue weighted by Crippen LogP contribution is -2.43. The van der Waals surface area contributed by atoms with Crippen LogP contribution < -0.4 is 4.74 Å². The minimum atomic E-state index is -4.41. The second-order valence-electron chi connectivity index (χ2n) is 9.78. The first kappa shape index (κ1) is 30.8. The van der Waals surface area contributed by atoms with Gasteiger partial charge in [-0.05, 0) is 60.9 Å². The van der Waals surface area contributed by atoms with E-state index in [4.69, 9.17) is 4.74 Å². The van der Waals surface area contributed by atoms with Crippen molar-refractivity contribution in [3.63, 3.8) is 0 Å². The summed E-state index contributed by atoms with van der Waals surface area (Å²) in [5.41, 5.74) is 1.49. The molecule has 2 aromatic carbocycles. The molecule has 0 N–H and O–H groups in total. The molecule has 40 heavy (non-hydrogen) atoms. The third-order valence-corrected chi connectivity index (χ3v) is 6.84. The molecular weight excluding hydrogens is 519 g/mol. The molecule has 6 nitrogen and oxygen atoms in total. The van der Waals surface area contributed by atoms with Crippen molar-refractivity contribution in [2.24, 2.45) is 0 Å². The van der Waals surface area contributed by atoms with Crippen molar-refractivity contribution in [3.05, 3.63) is 89.2 Å². The predicted octanol–water partition coefficient (Wildman–Crippen LogP) is 6.17. The Hall–Kier alpha value is -3.75. The van der Waals surface area contributed by atoms with Crippen molar-refractivity contribution < 1.29 is 27.5 Å². The van der Waals surface area contributed by atoms with Gasteiger partial charge in [0.2, 0.25) is 11.8 Å². The minimum Gasteiger partial charge on any atom is -0.497 e. The molecule has 3 aromatic rings. The highest BCUT2D eigenvalue weighted by molar-refractivity contribution is 5.86. The predicted molar refractivity (Wildman–Crippen MR) is 149 cm³/mol. The van der Waals surface area contributed by atoms with Gasteiger partial charge in [0.25, 0.3) is 0 Å². The van der Waals surface area contributed by atoms with E-state index in [-0.39, 0.29) is 31.3 Å². The summed E-state index contributed by atoms with van der Waals surface area (Å²) < 4.78 is 46.6. The number of halogens is 3. The number of nitrogens with zero attached hydrogens (tertiary/aromatic N) is 3. The molecular formula is C31H38F3N3O3. The van der Waals surface area contributed by atoms with Crippen molar-refractivity contribution >= 4 is 11.8 Å². The number of carbonyl (C=O) groups is 2. The Bertz CT molecular complexity index is 1240. The summed E-state index contributed by atoms with van der Waals surface area (Å²) in [7, 11) is 1.58. The second kappa shape index (κ2) is 14.6. The normalized spacial score (nSPS) is 11.3. The van der Waals surface area contributed by atoms with E-state index >= 15 is 0 Å². The molecule has 0 saturated heterocycles. The molecule has 0 unspecified atom stereocenters. The molecule has 2 amide bonds. The number of aromatic nitrogens is 1. The molecule has 0 aliphatic carbocycles. The summed E-state index contributed by atoms with van der Waals surface area (Å²) in [6.07, 6.45) is 0.358. The number of likely N-dealkylation sites (N-methyl/N-ethyl adjacent to an activating group) is 1. The van der Waals surface area contributed by atoms with E-state index in [0.717, 1.165) is 42.7 Å². The molecule has 0 fully saturated rings. The lowest BCUT2D eigenvalue weighted by Gasteiger charge is -2.28. The third kappa shape index (κ3) is 8.89. The van der Waals surface area contributed by atoms with Crippen LogP contribution in [0.3, 0.4) is 0 Å². The van der Waals surface area contributed by atoms with E-state index in [2.05, 4.69) is 6.92 Å². The maximum Gasteiger partial charge on any atom is 0.416 e. The number of hydrogen-bond acceptors (Lipinski definition) is 3. The van der Waals surface area contributed by atoms with E-state index in [0.29, 0.717) is 30.9 Å². The van der Waals surface area contributed by atoms with Crippen LogP contribution >= 0.6 is 0 Å². The average molecular weight is 558 g/mol. The number of amides is 2. The summed E-state index contributed by atoms with van der Waals surface area (Å²) in [6.45, 7) is 5.39. The zero-order valence-corrected chi connectivity index (χ0v) is 23.4. The van der Waals surface area contributed by atoms with Crippen molar-refractivity contribution in [1.82, 2.24) is 14.4 Å². The summed E-state index contributed by atoms with van der Waals surface area (Å²) in [4.78, 5) is 29.8. The van der Waals surface area contributed by atoms with Gasteiger partial charge in [0.05, 0.1) is 32.2 Å². The Morgan fingerprint density at radius 1 is 0.900 bits per heavy atom. The number of unbranched alkanes of at least 4 members (excludes halogenated alkanes) is 2. The fourth-order valence-electron chi connectivity index (χ4n) is 4.50. The van der Waals surface area contributed by atoms with Gasteiger partial charge in [-0.3, -0.25) is 9.59 Å². The number of rotatable bonds is 14. The first-order chi connectivity index (χ1) is 19.1. The number of carbonyl (C=O) groups excluding carboxylic acids is 2. The topological polar surface area (TPSA) is 54.8 Å². The van der Waals surface area contributed by atoms with Crippen molar-refractivity contribution in [2.45, 2.75) is 58.8 Å². The van der Waals surface area contributed by atoms with Crippen LogP contribution in [0.5, 0.6) is 5.75 Å². The first-order valence-electron chi connectivity index (χ1n) is 13.6. The maximum atomic E-state index is 13.5. The Kier molecular flexibility index (Phi) is 11.2. The zero-order chi connectivity index (χ0) is 29.1. The van der Waals surface area contributed by atoms with Crippen LogP contribution in [0.25, 0.3) is 0 Å². The number of hydrogen-bond donors (Lipinski definition) is 0. The SMILES string of the molecule is CCCCCN(Cc1cccn1Cc1cccc(C(F)(F)F)c1)C(=O)CN(CC)C(=O)Cc1ccc(OC)cc1. The average Bonchev–Trinajstić information content (AvgIpc) is 3.37. The van der Waals surface area contributed by atoms with E-state index in [9.17, 15) is 22.8 Å². The fraction of sp³-hybridized carbons (Fsp3) is 0.419. The Morgan fingerprint density at radius 2 is 1.65 bits per heavy atom. The van der Waals surface area contributed by atoms with E-state index < -0.39 is 11.7 Å². The van der Waals surface area contributed by atoms with Crippen LogP contribution in [0, 0.1) is 0 Å². The Balaban J connectivity index is 1.71. The minimum absolute atomic E-state index is 0.0358. The highest BCUT2D eigenvalue weighted by atomic mass is 19.4. The molecule has 0 bridgehead atoms. The van der Waals surface area contributed by atoms with Gasteiger partial charge in [-0.25, -0.2) is 0 Å². The molecule has 0 aliphatic heterocycles. The zero-order valence-electron chi connectivity index (χ0n) is 23.4. The smallest absolute Gasteiger partial charge is 0.416 e. The lowest BCUT2D eigenvalue weighted by molar-refractivity contribution is -0.140. The van der Waals surface area contributed by atoms with Crippen molar-refractivity contribution in [3.8, 4) is 5.75 Å². The molecule has 0 radical (unpaired) electrons. The number of benzene rings is 2. The van der Waals surface area contributed by atoms with Gasteiger partial charge in [0, 0.05) is 31.5 Å². The van der Waals surface area contributed by atoms with Crippen molar-refractivity contribution in [1.29, 1.82) is 0 Å². The monoisotopic (exact) mass is 557 g/mol. The fourth-order valence-corrected chi connectivity index (χ4v) is 4.50. The van der Waals surface area contributed by atoms with Crippen LogP contribution in [0.1, 0.15) is 55.5 Å². The van der Waals surface area contributed by atoms with Gasteiger partial charge in [-0.15, -0.1) is 0 Å². The number of ether oxygens (including phenoxy) is 1. The number of alkyl halides is 3. The second-order valence-corrected chi connectivity index (χ2v) is 9.78. The van der Waals surface area contributed by atoms with Crippen LogP contribution in [0.15, 0.2) is 66.9 Å².